The summed E-state index contributed by atoms with van der Waals surface area (Å²) in [5, 5.41) is 7.70. The van der Waals surface area contributed by atoms with Gasteiger partial charge in [0.2, 0.25) is 0 Å². The maximum absolute atomic E-state index is 6.83. The van der Waals surface area contributed by atoms with Gasteiger partial charge >= 0.3 is 0 Å². The second kappa shape index (κ2) is 14.5. The molecule has 3 heterocycles. The molecular formula is C46H54N4O. The summed E-state index contributed by atoms with van der Waals surface area (Å²) < 4.78 is 11.4. The predicted octanol–water partition coefficient (Wildman–Crippen LogP) is 12.6. The van der Waals surface area contributed by atoms with E-state index in [4.69, 9.17) is 14.8 Å². The number of pyridine rings is 1. The largest absolute Gasteiger partial charge is 0.457 e. The van der Waals surface area contributed by atoms with Crippen molar-refractivity contribution in [2.75, 3.05) is 0 Å². The first kappa shape index (κ1) is 34.8. The summed E-state index contributed by atoms with van der Waals surface area (Å²) >= 11 is 0. The van der Waals surface area contributed by atoms with Gasteiger partial charge in [-0.05, 0) is 117 Å². The van der Waals surface area contributed by atoms with E-state index in [9.17, 15) is 0 Å². The van der Waals surface area contributed by atoms with Crippen molar-refractivity contribution in [1.29, 1.82) is 0 Å². The van der Waals surface area contributed by atoms with Crippen LogP contribution in [0.25, 0.3) is 33.3 Å². The van der Waals surface area contributed by atoms with Gasteiger partial charge in [0, 0.05) is 46.3 Å². The van der Waals surface area contributed by atoms with Crippen LogP contribution in [0.5, 0.6) is 11.5 Å². The predicted molar refractivity (Wildman–Crippen MR) is 213 cm³/mol. The van der Waals surface area contributed by atoms with E-state index in [-0.39, 0.29) is 0 Å². The average Bonchev–Trinajstić information content (AvgIpc) is 3.61. The molecular weight excluding hydrogens is 625 g/mol. The Morgan fingerprint density at radius 3 is 2.43 bits per heavy atom. The third-order valence-corrected chi connectivity index (χ3v) is 10.9. The van der Waals surface area contributed by atoms with E-state index >= 15 is 0 Å². The zero-order valence-corrected chi connectivity index (χ0v) is 31.8. The van der Waals surface area contributed by atoms with E-state index in [1.165, 1.54) is 51.6 Å². The molecule has 7 rings (SSSR count). The van der Waals surface area contributed by atoms with Crippen molar-refractivity contribution in [3.8, 4) is 23.0 Å². The minimum absolute atomic E-state index is 0.331. The van der Waals surface area contributed by atoms with Gasteiger partial charge in [0.05, 0.1) is 22.4 Å². The lowest BCUT2D eigenvalue weighted by atomic mass is 9.75. The van der Waals surface area contributed by atoms with Crippen LogP contribution in [0.1, 0.15) is 114 Å². The second-order valence-corrected chi connectivity index (χ2v) is 15.6. The Labute approximate surface area is 304 Å². The van der Waals surface area contributed by atoms with Crippen LogP contribution >= 0.6 is 0 Å². The molecule has 3 aromatic carbocycles. The monoisotopic (exact) mass is 678 g/mol. The average molecular weight is 679 g/mol. The van der Waals surface area contributed by atoms with Crippen molar-refractivity contribution in [2.24, 2.45) is 11.8 Å². The molecule has 0 radical (unpaired) electrons. The highest BCUT2D eigenvalue weighted by Gasteiger charge is 2.31. The van der Waals surface area contributed by atoms with Crippen LogP contribution in [-0.4, -0.2) is 19.3 Å². The molecule has 51 heavy (non-hydrogen) atoms. The van der Waals surface area contributed by atoms with Crippen molar-refractivity contribution in [3.05, 3.63) is 119 Å². The normalized spacial score (nSPS) is 16.5. The molecule has 1 unspecified atom stereocenters. The lowest BCUT2D eigenvalue weighted by Gasteiger charge is -2.30. The van der Waals surface area contributed by atoms with Crippen LogP contribution in [0.3, 0.4) is 0 Å². The second-order valence-electron chi connectivity index (χ2n) is 15.6. The van der Waals surface area contributed by atoms with E-state index < -0.39 is 0 Å². The molecule has 0 bridgehead atoms. The lowest BCUT2D eigenvalue weighted by Crippen LogP contribution is -2.18. The number of aryl methyl sites for hydroxylation is 2. The van der Waals surface area contributed by atoms with Crippen molar-refractivity contribution >= 4 is 21.8 Å². The molecule has 0 spiro atoms. The number of fused-ring (bicyclic) bond motifs is 3. The number of rotatable bonds is 11. The fourth-order valence-corrected chi connectivity index (χ4v) is 8.24. The van der Waals surface area contributed by atoms with E-state index in [0.29, 0.717) is 23.7 Å². The SMILES string of the molecule is CCCc1ccnc(-n2c3ccccc3c3ccc(Oc4cc(C(C)C)cc(-n5nc(C)c(C6C(C)=CCC[C@@H]6C)c5CCC(C)C)c4)cc32)c1. The molecule has 0 fully saturated rings. The number of para-hydroxylation sites is 1. The summed E-state index contributed by atoms with van der Waals surface area (Å²) in [6, 6.07) is 26.1. The van der Waals surface area contributed by atoms with E-state index in [1.807, 2.05) is 6.20 Å². The van der Waals surface area contributed by atoms with Crippen LogP contribution in [0.2, 0.25) is 0 Å². The van der Waals surface area contributed by atoms with Crippen molar-refractivity contribution in [3.63, 3.8) is 0 Å². The summed E-state index contributed by atoms with van der Waals surface area (Å²) in [7, 11) is 0. The lowest BCUT2D eigenvalue weighted by molar-refractivity contribution is 0.445. The topological polar surface area (TPSA) is 44.9 Å². The van der Waals surface area contributed by atoms with Gasteiger partial charge in [-0.2, -0.15) is 5.10 Å². The first-order valence-corrected chi connectivity index (χ1v) is 19.2. The number of allylic oxidation sites excluding steroid dienone is 2. The van der Waals surface area contributed by atoms with Crippen LogP contribution in [0.4, 0.5) is 0 Å². The molecule has 2 atom stereocenters. The maximum atomic E-state index is 6.83. The van der Waals surface area contributed by atoms with Gasteiger partial charge in [-0.3, -0.25) is 4.57 Å². The Morgan fingerprint density at radius 1 is 0.863 bits per heavy atom. The fourth-order valence-electron chi connectivity index (χ4n) is 8.24. The quantitative estimate of drug-likeness (QED) is 0.128. The highest BCUT2D eigenvalue weighted by Crippen LogP contribution is 2.43. The number of benzene rings is 3. The van der Waals surface area contributed by atoms with Gasteiger partial charge in [0.15, 0.2) is 0 Å². The summed E-state index contributed by atoms with van der Waals surface area (Å²) in [4.78, 5) is 4.85. The van der Waals surface area contributed by atoms with E-state index in [1.54, 1.807) is 0 Å². The smallest absolute Gasteiger partial charge is 0.137 e. The van der Waals surface area contributed by atoms with Gasteiger partial charge in [0.25, 0.3) is 0 Å². The summed E-state index contributed by atoms with van der Waals surface area (Å²) in [6.45, 7) is 18.3. The number of hydrogen-bond donors (Lipinski definition) is 0. The van der Waals surface area contributed by atoms with Gasteiger partial charge < -0.3 is 4.74 Å². The molecule has 264 valence electrons. The molecule has 0 amide bonds. The Hall–Kier alpha value is -4.64. The molecule has 0 saturated carbocycles. The summed E-state index contributed by atoms with van der Waals surface area (Å²) in [6.07, 6.45) is 11.0. The Bertz CT molecular complexity index is 2210. The number of ether oxygens (including phenoxy) is 1. The molecule has 0 aliphatic heterocycles. The zero-order valence-electron chi connectivity index (χ0n) is 31.8. The maximum Gasteiger partial charge on any atom is 0.137 e. The van der Waals surface area contributed by atoms with Crippen LogP contribution in [0, 0.1) is 18.8 Å². The molecule has 5 heteroatoms. The van der Waals surface area contributed by atoms with Gasteiger partial charge in [-0.1, -0.05) is 77.8 Å². The molecule has 1 aliphatic rings. The number of hydrogen-bond acceptors (Lipinski definition) is 3. The van der Waals surface area contributed by atoms with Gasteiger partial charge in [-0.15, -0.1) is 0 Å². The highest BCUT2D eigenvalue weighted by molar-refractivity contribution is 6.09. The van der Waals surface area contributed by atoms with E-state index in [0.717, 1.165) is 65.4 Å². The van der Waals surface area contributed by atoms with E-state index in [2.05, 4.69) is 144 Å². The highest BCUT2D eigenvalue weighted by atomic mass is 16.5. The van der Waals surface area contributed by atoms with Crippen LogP contribution in [0.15, 0.2) is 90.6 Å². The third kappa shape index (κ3) is 6.88. The van der Waals surface area contributed by atoms with Gasteiger partial charge in [-0.25, -0.2) is 9.67 Å². The van der Waals surface area contributed by atoms with Crippen molar-refractivity contribution < 1.29 is 4.74 Å². The molecule has 5 nitrogen and oxygen atoms in total. The first-order chi connectivity index (χ1) is 24.6. The molecule has 0 N–H and O–H groups in total. The van der Waals surface area contributed by atoms with Crippen LogP contribution in [-0.2, 0) is 12.8 Å². The summed E-state index contributed by atoms with van der Waals surface area (Å²) in [5.74, 6) is 4.51. The molecule has 0 saturated heterocycles. The first-order valence-electron chi connectivity index (χ1n) is 19.2. The minimum atomic E-state index is 0.331. The third-order valence-electron chi connectivity index (χ3n) is 10.9. The summed E-state index contributed by atoms with van der Waals surface area (Å²) in [5.41, 5.74) is 11.3. The standard InChI is InChI=1S/C46H54N4O/c1-9-13-34-22-23-47-44(24-34)49-41-17-11-10-16-39(41)40-20-19-37(28-43(40)49)51-38-26-35(30(4)5)25-36(27-38)50-42(21-18-29(2)3)46(33(8)48-50)45-31(6)14-12-15-32(45)7/h10-11,14,16-17,19-20,22-30,32,45H,9,12-13,15,18,21H2,1-8H3/t32-,45?/m0/s1. The van der Waals surface area contributed by atoms with Crippen LogP contribution < -0.4 is 4.74 Å². The Balaban J connectivity index is 1.34. The fraction of sp³-hybridized carbons (Fsp3) is 0.391. The minimum Gasteiger partial charge on any atom is -0.457 e. The van der Waals surface area contributed by atoms with Gasteiger partial charge in [0.1, 0.15) is 17.3 Å². The number of aromatic nitrogens is 4. The van der Waals surface area contributed by atoms with Crippen molar-refractivity contribution in [1.82, 2.24) is 19.3 Å². The molecule has 3 aromatic heterocycles. The van der Waals surface area contributed by atoms with Crippen molar-refractivity contribution in [2.45, 2.75) is 106 Å². The Kier molecular flexibility index (Phi) is 9.92. The zero-order chi connectivity index (χ0) is 35.8. The molecule has 1 aliphatic carbocycles. The molecule has 6 aromatic rings. The number of nitrogens with zero attached hydrogens (tertiary/aromatic N) is 4. The Morgan fingerprint density at radius 2 is 1.67 bits per heavy atom.